The summed E-state index contributed by atoms with van der Waals surface area (Å²) in [6.45, 7) is 1.42. The van der Waals surface area contributed by atoms with Crippen molar-refractivity contribution in [3.8, 4) is 0 Å². The summed E-state index contributed by atoms with van der Waals surface area (Å²) in [5.74, 6) is -0.837. The van der Waals surface area contributed by atoms with Gasteiger partial charge in [0, 0.05) is 39.0 Å². The van der Waals surface area contributed by atoms with Gasteiger partial charge in [0.05, 0.1) is 24.8 Å². The molecule has 17 N–H and O–H groups in total. The molecule has 2 amide bonds. The van der Waals surface area contributed by atoms with E-state index >= 15 is 0 Å². The maximum atomic E-state index is 11.4. The molecule has 0 radical (unpaired) electrons. The Balaban J connectivity index is 1.49. The maximum Gasteiger partial charge on any atom is 0.216 e. The largest absolute Gasteiger partial charge is 0.394 e. The summed E-state index contributed by atoms with van der Waals surface area (Å²) >= 11 is 0. The minimum Gasteiger partial charge on any atom is -0.394 e. The van der Waals surface area contributed by atoms with Crippen LogP contribution in [0, 0.1) is 0 Å². The summed E-state index contributed by atoms with van der Waals surface area (Å²) < 4.78 is 35.1. The van der Waals surface area contributed by atoms with E-state index in [1.54, 1.807) is 0 Å². The van der Waals surface area contributed by atoms with Crippen molar-refractivity contribution >= 4 is 11.8 Å². The molecular weight excluding hydrogens is 648 g/mol. The number of amides is 2. The van der Waals surface area contributed by atoms with E-state index in [-0.39, 0.29) is 19.5 Å². The fourth-order valence-electron chi connectivity index (χ4n) is 6.18. The number of aliphatic hydroxyl groups is 7. The van der Waals surface area contributed by atoms with E-state index in [1.807, 2.05) is 0 Å². The highest BCUT2D eigenvalue weighted by Crippen LogP contribution is 2.34. The number of carbonyl (C=O) groups is 2. The van der Waals surface area contributed by atoms with Gasteiger partial charge in [-0.25, -0.2) is 0 Å². The van der Waals surface area contributed by atoms with Crippen LogP contribution in [0.3, 0.4) is 0 Å². The Kier molecular flexibility index (Phi) is 13.4. The highest BCUT2D eigenvalue weighted by molar-refractivity contribution is 5.73. The number of rotatable bonds is 11. The number of hydrogen-bond acceptors (Lipinski definition) is 19. The molecule has 1 aliphatic carbocycles. The van der Waals surface area contributed by atoms with Crippen LogP contribution in [0.15, 0.2) is 0 Å². The van der Waals surface area contributed by atoms with Crippen molar-refractivity contribution in [3.63, 3.8) is 0 Å². The SMILES string of the molecule is CC(=O)NC[C@@H]1O[C@H](O[C@H]2[C@@H](O)[C@H](O[C@@H]3[C@@H](O)[C@H](N)C[C@H](N)[C@H]3O[C@H]3O[C@H](CNC(C)=O)[C@@H](O)[C@H](O)[C@H]3N)O[C@@H]2CO)[C@H](N)[C@@H](O)[C@@H]1O. The lowest BCUT2D eigenvalue weighted by molar-refractivity contribution is -0.307. The molecule has 0 aromatic heterocycles. The van der Waals surface area contributed by atoms with Gasteiger partial charge >= 0.3 is 0 Å². The molecule has 1 saturated carbocycles. The van der Waals surface area contributed by atoms with E-state index in [9.17, 15) is 45.3 Å². The quantitative estimate of drug-likeness (QED) is 0.0952. The van der Waals surface area contributed by atoms with Crippen molar-refractivity contribution in [2.24, 2.45) is 22.9 Å². The third-order valence-electron chi connectivity index (χ3n) is 9.01. The summed E-state index contributed by atoms with van der Waals surface area (Å²) in [5, 5.41) is 79.2. The van der Waals surface area contributed by atoms with Gasteiger partial charge in [0.15, 0.2) is 18.9 Å². The zero-order valence-corrected chi connectivity index (χ0v) is 26.5. The first kappa shape index (κ1) is 39.1. The van der Waals surface area contributed by atoms with Crippen LogP contribution in [0.2, 0.25) is 0 Å². The fourth-order valence-corrected chi connectivity index (χ4v) is 6.18. The zero-order valence-electron chi connectivity index (χ0n) is 26.5. The van der Waals surface area contributed by atoms with Gasteiger partial charge in [0.25, 0.3) is 0 Å². The Morgan fingerprint density at radius 1 is 0.604 bits per heavy atom. The summed E-state index contributed by atoms with van der Waals surface area (Å²) in [6.07, 6.45) is -21.2. The van der Waals surface area contributed by atoms with Crippen molar-refractivity contribution in [1.29, 1.82) is 0 Å². The highest BCUT2D eigenvalue weighted by Gasteiger charge is 2.54. The van der Waals surface area contributed by atoms with E-state index in [1.165, 1.54) is 13.8 Å². The van der Waals surface area contributed by atoms with Crippen LogP contribution in [-0.4, -0.2) is 184 Å². The molecule has 0 spiro atoms. The molecule has 0 bridgehead atoms. The van der Waals surface area contributed by atoms with Crippen molar-refractivity contribution in [1.82, 2.24) is 10.6 Å². The van der Waals surface area contributed by atoms with E-state index < -0.39 is 135 Å². The summed E-state index contributed by atoms with van der Waals surface area (Å²) in [5.41, 5.74) is 24.6. The first-order valence-corrected chi connectivity index (χ1v) is 15.7. The van der Waals surface area contributed by atoms with E-state index in [0.29, 0.717) is 0 Å². The molecule has 48 heavy (non-hydrogen) atoms. The molecule has 4 rings (SSSR count). The van der Waals surface area contributed by atoms with E-state index in [0.717, 1.165) is 0 Å². The van der Waals surface area contributed by atoms with Crippen molar-refractivity contribution in [2.45, 2.75) is 137 Å². The van der Waals surface area contributed by atoms with Crippen molar-refractivity contribution in [3.05, 3.63) is 0 Å². The third kappa shape index (κ3) is 8.58. The second-order valence-corrected chi connectivity index (χ2v) is 12.6. The number of hydrogen-bond donors (Lipinski definition) is 13. The highest BCUT2D eigenvalue weighted by atomic mass is 16.8. The van der Waals surface area contributed by atoms with Gasteiger partial charge in [-0.2, -0.15) is 0 Å². The molecule has 19 atom stereocenters. The molecule has 3 aliphatic heterocycles. The van der Waals surface area contributed by atoms with Gasteiger partial charge in [-0.05, 0) is 6.42 Å². The molecule has 3 heterocycles. The lowest BCUT2D eigenvalue weighted by Gasteiger charge is -2.47. The predicted octanol–water partition coefficient (Wildman–Crippen LogP) is -8.54. The topological polar surface area (TPSA) is 359 Å². The molecule has 4 aliphatic rings. The number of ether oxygens (including phenoxy) is 6. The molecule has 0 aromatic rings. The number of nitrogens with one attached hydrogen (secondary N) is 2. The average Bonchev–Trinajstić information content (AvgIpc) is 3.33. The Labute approximate surface area is 275 Å². The monoisotopic (exact) mass is 698 g/mol. The van der Waals surface area contributed by atoms with E-state index in [4.69, 9.17) is 51.4 Å². The van der Waals surface area contributed by atoms with Gasteiger partial charge in [0.1, 0.15) is 67.1 Å². The minimum atomic E-state index is -1.68. The van der Waals surface area contributed by atoms with Gasteiger partial charge in [-0.15, -0.1) is 0 Å². The molecule has 4 fully saturated rings. The summed E-state index contributed by atoms with van der Waals surface area (Å²) in [6, 6.07) is -4.46. The number of nitrogens with two attached hydrogens (primary N) is 4. The fraction of sp³-hybridized carbons (Fsp3) is 0.926. The predicted molar refractivity (Wildman–Crippen MR) is 158 cm³/mol. The second kappa shape index (κ2) is 16.5. The molecule has 3 saturated heterocycles. The van der Waals surface area contributed by atoms with Crippen LogP contribution in [-0.2, 0) is 38.0 Å². The average molecular weight is 699 g/mol. The van der Waals surface area contributed by atoms with Crippen molar-refractivity contribution in [2.75, 3.05) is 19.7 Å². The van der Waals surface area contributed by atoms with Crippen LogP contribution in [0.4, 0.5) is 0 Å². The Bertz CT molecular complexity index is 1080. The van der Waals surface area contributed by atoms with Crippen LogP contribution < -0.4 is 33.6 Å². The molecule has 0 aromatic carbocycles. The minimum absolute atomic E-state index is 0.0396. The Morgan fingerprint density at radius 3 is 1.50 bits per heavy atom. The lowest BCUT2D eigenvalue weighted by atomic mass is 9.84. The molecule has 21 heteroatoms. The van der Waals surface area contributed by atoms with Crippen LogP contribution >= 0.6 is 0 Å². The standard InChI is InChI=1S/C27H50N6O15/c1-7(35)32-4-11-17(38)19(40)14(30)25(43-11)46-22-10(29)3-9(28)16(37)24(22)48-27-21(42)23(13(6-34)45-27)47-26-15(31)20(41)18(39)12(44-26)5-33-8(2)36/h9-27,34,37-42H,3-6,28-31H2,1-2H3,(H,32,35)(H,33,36)/t9-,10+,11-,12+,13-,14-,15-,16+,17-,18-,19-,20-,21-,22-,23-,24-,25-,26-,27+/m1/s1. The molecule has 278 valence electrons. The summed E-state index contributed by atoms with van der Waals surface area (Å²) in [7, 11) is 0. The van der Waals surface area contributed by atoms with Gasteiger partial charge in [0.2, 0.25) is 11.8 Å². The normalized spacial score (nSPS) is 48.2. The van der Waals surface area contributed by atoms with Crippen LogP contribution in [0.1, 0.15) is 20.3 Å². The Hall–Kier alpha value is -1.74. The zero-order chi connectivity index (χ0) is 35.6. The second-order valence-electron chi connectivity index (χ2n) is 12.6. The van der Waals surface area contributed by atoms with Crippen LogP contribution in [0.25, 0.3) is 0 Å². The maximum absolute atomic E-state index is 11.4. The first-order valence-electron chi connectivity index (χ1n) is 15.7. The molecular formula is C27H50N6O15. The smallest absolute Gasteiger partial charge is 0.216 e. The van der Waals surface area contributed by atoms with Crippen LogP contribution in [0.5, 0.6) is 0 Å². The van der Waals surface area contributed by atoms with E-state index in [2.05, 4.69) is 10.6 Å². The molecule has 0 unspecified atom stereocenters. The number of carbonyl (C=O) groups excluding carboxylic acids is 2. The number of aliphatic hydroxyl groups excluding tert-OH is 7. The molecule has 21 nitrogen and oxygen atoms in total. The van der Waals surface area contributed by atoms with Crippen molar-refractivity contribution < 1.29 is 73.8 Å². The van der Waals surface area contributed by atoms with Gasteiger partial charge < -0.3 is 97.7 Å². The third-order valence-corrected chi connectivity index (χ3v) is 9.01. The first-order chi connectivity index (χ1) is 22.5. The Morgan fingerprint density at radius 2 is 1.04 bits per heavy atom. The lowest BCUT2D eigenvalue weighted by Crippen LogP contribution is -2.68. The van der Waals surface area contributed by atoms with Gasteiger partial charge in [-0.1, -0.05) is 0 Å². The van der Waals surface area contributed by atoms with Gasteiger partial charge in [-0.3, -0.25) is 9.59 Å². The summed E-state index contributed by atoms with van der Waals surface area (Å²) in [4.78, 5) is 22.8.